The van der Waals surface area contributed by atoms with Gasteiger partial charge in [-0.1, -0.05) is 51.5 Å². The zero-order chi connectivity index (χ0) is 69.5. The summed E-state index contributed by atoms with van der Waals surface area (Å²) in [5.74, 6) is -0.385. The largest absolute Gasteiger partial charge is 0.397 e. The van der Waals surface area contributed by atoms with Crippen molar-refractivity contribution < 1.29 is 156 Å². The zero-order valence-corrected chi connectivity index (χ0v) is 55.1. The third-order valence-corrected chi connectivity index (χ3v) is 23.1. The van der Waals surface area contributed by atoms with Gasteiger partial charge in [0.05, 0.1) is 56.4 Å². The topological polar surface area (TPSA) is 498 Å². The fraction of sp³-hybridized carbons (Fsp3) is 0.935. The minimum absolute atomic E-state index is 0.0592. The molecule has 9 fully saturated rings. The first-order valence-corrected chi connectivity index (χ1v) is 34.5. The highest BCUT2D eigenvalue weighted by Gasteiger charge is 2.64. The van der Waals surface area contributed by atoms with E-state index >= 15 is 0 Å². The van der Waals surface area contributed by atoms with E-state index in [1.807, 2.05) is 6.92 Å². The Morgan fingerprint density at radius 3 is 1.78 bits per heavy atom. The van der Waals surface area contributed by atoms with E-state index in [1.165, 1.54) is 19.4 Å². The van der Waals surface area contributed by atoms with Gasteiger partial charge in [0, 0.05) is 0 Å². The van der Waals surface area contributed by atoms with Gasteiger partial charge in [-0.05, 0) is 119 Å². The van der Waals surface area contributed by atoms with Crippen molar-refractivity contribution in [2.75, 3.05) is 26.4 Å². The normalized spacial score (nSPS) is 51.2. The fourth-order valence-corrected chi connectivity index (χ4v) is 17.4. The first-order chi connectivity index (χ1) is 44.5. The third kappa shape index (κ3) is 15.2. The van der Waals surface area contributed by atoms with Crippen LogP contribution in [-0.4, -0.2) is 311 Å². The molecule has 17 N–H and O–H groups in total. The Labute approximate surface area is 551 Å². The molecule has 10 rings (SSSR count). The molecule has 6 heterocycles. The lowest BCUT2D eigenvalue weighted by Crippen LogP contribution is -2.67. The van der Waals surface area contributed by atoms with E-state index < -0.39 is 238 Å². The molecule has 37 atom stereocenters. The van der Waals surface area contributed by atoms with E-state index in [2.05, 4.69) is 40.3 Å². The minimum Gasteiger partial charge on any atom is -0.394 e. The molecule has 6 aliphatic heterocycles. The van der Waals surface area contributed by atoms with Crippen molar-refractivity contribution >= 4 is 10.4 Å². The lowest BCUT2D eigenvalue weighted by molar-refractivity contribution is -0.399. The van der Waals surface area contributed by atoms with Crippen molar-refractivity contribution in [1.82, 2.24) is 0 Å². The Hall–Kier alpha value is -1.77. The molecule has 0 aromatic heterocycles. The van der Waals surface area contributed by atoms with Crippen LogP contribution in [0.15, 0.2) is 23.8 Å². The van der Waals surface area contributed by atoms with E-state index in [0.29, 0.717) is 32.1 Å². The monoisotopic (exact) mass is 1390 g/mol. The molecule has 0 bridgehead atoms. The molecule has 548 valence electrons. The van der Waals surface area contributed by atoms with E-state index in [1.54, 1.807) is 0 Å². The van der Waals surface area contributed by atoms with Crippen molar-refractivity contribution in [2.24, 2.45) is 40.4 Å². The predicted molar refractivity (Wildman–Crippen MR) is 318 cm³/mol. The number of aliphatic hydroxyl groups excluding tert-OH is 15. The van der Waals surface area contributed by atoms with Gasteiger partial charge in [-0.3, -0.25) is 4.55 Å². The predicted octanol–water partition coefficient (Wildman–Crippen LogP) is -4.25. The number of hydrogen-bond donors (Lipinski definition) is 17. The maximum atomic E-state index is 12.5. The van der Waals surface area contributed by atoms with Crippen LogP contribution in [0, 0.1) is 40.4 Å². The lowest BCUT2D eigenvalue weighted by Gasteiger charge is -2.60. The highest BCUT2D eigenvalue weighted by Crippen LogP contribution is 2.68. The van der Waals surface area contributed by atoms with Gasteiger partial charge in [0.25, 0.3) is 0 Å². The number of hydrogen-bond acceptors (Lipinski definition) is 31. The molecule has 0 spiro atoms. The second-order valence-corrected chi connectivity index (χ2v) is 30.1. The van der Waals surface area contributed by atoms with Crippen LogP contribution in [0.3, 0.4) is 0 Å². The van der Waals surface area contributed by atoms with Crippen molar-refractivity contribution in [2.45, 2.75) is 296 Å². The van der Waals surface area contributed by atoms with Crippen molar-refractivity contribution in [3.8, 4) is 0 Å². The molecule has 0 radical (unpaired) electrons. The molecular formula is C62H102O32S. The Morgan fingerprint density at radius 1 is 0.600 bits per heavy atom. The highest BCUT2D eigenvalue weighted by atomic mass is 32.3. The van der Waals surface area contributed by atoms with Crippen LogP contribution in [-0.2, 0) is 71.4 Å². The van der Waals surface area contributed by atoms with Crippen LogP contribution in [0.1, 0.15) is 106 Å². The van der Waals surface area contributed by atoms with E-state index in [4.69, 9.17) is 61.0 Å². The summed E-state index contributed by atoms with van der Waals surface area (Å²) in [6.07, 6.45) is -45.3. The molecule has 6 saturated heterocycles. The lowest BCUT2D eigenvalue weighted by atomic mass is 9.47. The van der Waals surface area contributed by atoms with E-state index in [9.17, 15) is 94.7 Å². The van der Waals surface area contributed by atoms with Gasteiger partial charge >= 0.3 is 10.4 Å². The number of aliphatic hydroxyl groups is 16. The Morgan fingerprint density at radius 2 is 1.14 bits per heavy atom. The van der Waals surface area contributed by atoms with Crippen LogP contribution in [0.2, 0.25) is 0 Å². The van der Waals surface area contributed by atoms with Crippen molar-refractivity contribution in [1.29, 1.82) is 0 Å². The first kappa shape index (κ1) is 75.9. The molecule has 0 amide bonds. The first-order valence-electron chi connectivity index (χ1n) is 33.1. The summed E-state index contributed by atoms with van der Waals surface area (Å²) in [4.78, 5) is 0. The van der Waals surface area contributed by atoms with Gasteiger partial charge in [0.15, 0.2) is 37.7 Å². The van der Waals surface area contributed by atoms with Gasteiger partial charge in [-0.25, -0.2) is 4.18 Å². The molecule has 33 heteroatoms. The standard InChI is InChI=1S/C62H102O32S/c1-23(2)24(3)11-16-62(8,78)37-10-9-29-28-18-33(31-17-27(94-95(79,80)81)12-14-60(31,6)30(28)13-15-61(29,37)7)86-57-49(77)51(39(67)26(5)85-57)91-58-52(93-55-46(74)43(71)38(66)25(4)84-55)42(70)36(22-83-58)89-59-53(45(73)41(69)35(20-64)88-59)92-54-48(76)50(32(65)21-82-54)90-56-47(75)44(72)40(68)34(19-63)87-56/h13,23,25-29,31-59,63-78H,3,9-12,14-22H2,1-2,4-8H3,(H,79,80,81). The third-order valence-electron chi connectivity index (χ3n) is 22.6. The summed E-state index contributed by atoms with van der Waals surface area (Å²) in [5, 5.41) is 179. The highest BCUT2D eigenvalue weighted by molar-refractivity contribution is 7.80. The van der Waals surface area contributed by atoms with Crippen LogP contribution < -0.4 is 0 Å². The number of ether oxygens (including phenoxy) is 12. The summed E-state index contributed by atoms with van der Waals surface area (Å²) in [6, 6.07) is 0. The SMILES string of the molecule is C=C(CCC(C)(O)C1CCC2C3CC(OC4OC(C)C(O)C(OC5OCC(OC6OC(CO)C(O)C(O)C6OC6OCC(O)C(OC7OC(CO)C(O)C(O)C7O)C6O)C(O)C5OC5OC(C)C(O)C(O)C5O)C4O)C4CC(OS(=O)(=O)O)CCC4(C)C3=CCC21C)C(C)C. The second-order valence-electron chi connectivity index (χ2n) is 29.0. The molecular weight excluding hydrogens is 1290 g/mol. The maximum absolute atomic E-state index is 12.5. The number of rotatable bonds is 21. The van der Waals surface area contributed by atoms with Gasteiger partial charge in [0.2, 0.25) is 0 Å². The molecule has 95 heavy (non-hydrogen) atoms. The van der Waals surface area contributed by atoms with Crippen LogP contribution >= 0.6 is 0 Å². The molecule has 0 aromatic rings. The molecule has 32 nitrogen and oxygen atoms in total. The minimum atomic E-state index is -4.89. The van der Waals surface area contributed by atoms with E-state index in [0.717, 1.165) is 18.4 Å². The summed E-state index contributed by atoms with van der Waals surface area (Å²) in [7, 11) is -4.89. The Balaban J connectivity index is 0.897. The van der Waals surface area contributed by atoms with Crippen LogP contribution in [0.5, 0.6) is 0 Å². The summed E-state index contributed by atoms with van der Waals surface area (Å²) in [5.41, 5.74) is 0.213. The summed E-state index contributed by atoms with van der Waals surface area (Å²) >= 11 is 0. The number of allylic oxidation sites excluding steroid dienone is 3. The molecule has 3 saturated carbocycles. The van der Waals surface area contributed by atoms with E-state index in [-0.39, 0.29) is 41.9 Å². The molecule has 37 unspecified atom stereocenters. The van der Waals surface area contributed by atoms with Crippen molar-refractivity contribution in [3.63, 3.8) is 0 Å². The van der Waals surface area contributed by atoms with Gasteiger partial charge in [0.1, 0.15) is 122 Å². The molecule has 10 aliphatic rings. The van der Waals surface area contributed by atoms with Crippen molar-refractivity contribution in [3.05, 3.63) is 23.8 Å². The molecule has 0 aromatic carbocycles. The Bertz CT molecular complexity index is 2710. The van der Waals surface area contributed by atoms with Crippen LogP contribution in [0.25, 0.3) is 0 Å². The average molecular weight is 1390 g/mol. The smallest absolute Gasteiger partial charge is 0.394 e. The number of fused-ring (bicyclic) bond motifs is 5. The summed E-state index contributed by atoms with van der Waals surface area (Å²) < 4.78 is 112. The fourth-order valence-electron chi connectivity index (χ4n) is 16.9. The second kappa shape index (κ2) is 29.9. The average Bonchev–Trinajstić information content (AvgIpc) is 1.68. The van der Waals surface area contributed by atoms with Crippen LogP contribution in [0.4, 0.5) is 0 Å². The summed E-state index contributed by atoms with van der Waals surface area (Å²) in [6.45, 7) is 14.3. The van der Waals surface area contributed by atoms with Gasteiger partial charge in [-0.2, -0.15) is 8.42 Å². The molecule has 4 aliphatic carbocycles. The van der Waals surface area contributed by atoms with Gasteiger partial charge in [-0.15, -0.1) is 0 Å². The van der Waals surface area contributed by atoms with Gasteiger partial charge < -0.3 is 139 Å². The maximum Gasteiger partial charge on any atom is 0.397 e. The zero-order valence-electron chi connectivity index (χ0n) is 54.3. The Kier molecular flexibility index (Phi) is 23.9. The quantitative estimate of drug-likeness (QED) is 0.0382.